The molecule has 0 amide bonds. The fraction of sp³-hybridized carbons (Fsp3) is 0.250. The van der Waals surface area contributed by atoms with Crippen LogP contribution in [-0.2, 0) is 15.9 Å². The average molecular weight is 481 g/mol. The number of ether oxygens (including phenoxy) is 3. The third kappa shape index (κ3) is 7.94. The van der Waals surface area contributed by atoms with Crippen LogP contribution in [0.1, 0.15) is 40.1 Å². The van der Waals surface area contributed by atoms with Gasteiger partial charge in [0.2, 0.25) is 0 Å². The Morgan fingerprint density at radius 3 is 2.19 bits per heavy atom. The quantitative estimate of drug-likeness (QED) is 0.348. The first kappa shape index (κ1) is 27.1. The predicted molar refractivity (Wildman–Crippen MR) is 126 cm³/mol. The lowest BCUT2D eigenvalue weighted by molar-refractivity contribution is 0.0516. The Morgan fingerprint density at radius 1 is 0.969 bits per heavy atom. The van der Waals surface area contributed by atoms with Crippen LogP contribution >= 0.6 is 23.2 Å². The Balaban J connectivity index is 0.000000320. The summed E-state index contributed by atoms with van der Waals surface area (Å²) in [5.74, 6) is -0.492. The van der Waals surface area contributed by atoms with Gasteiger partial charge in [-0.15, -0.1) is 6.58 Å². The summed E-state index contributed by atoms with van der Waals surface area (Å²) >= 11 is 11.7. The molecule has 0 radical (unpaired) electrons. The molecular weight excluding hydrogens is 455 g/mol. The van der Waals surface area contributed by atoms with Crippen molar-refractivity contribution in [3.8, 4) is 11.5 Å². The number of rotatable bonds is 9. The highest BCUT2D eigenvalue weighted by Gasteiger charge is 2.17. The SMILES string of the molecule is C=CCOc1cc(C(=O)OCC)ccc1Cl.C=CCc1c(C(=O)OCC)ccc(Cl)c1O. The second-order valence-electron chi connectivity index (χ2n) is 6.10. The van der Waals surface area contributed by atoms with Gasteiger partial charge in [0, 0.05) is 5.56 Å². The third-order valence-electron chi connectivity index (χ3n) is 3.88. The van der Waals surface area contributed by atoms with Crippen molar-refractivity contribution in [1.29, 1.82) is 0 Å². The van der Waals surface area contributed by atoms with Crippen molar-refractivity contribution in [2.45, 2.75) is 20.3 Å². The van der Waals surface area contributed by atoms with Crippen LogP contribution in [0.15, 0.2) is 55.6 Å². The zero-order valence-electron chi connectivity index (χ0n) is 18.0. The van der Waals surface area contributed by atoms with Gasteiger partial charge >= 0.3 is 11.9 Å². The molecule has 0 heterocycles. The Morgan fingerprint density at radius 2 is 1.59 bits per heavy atom. The molecule has 0 atom stereocenters. The molecule has 0 saturated heterocycles. The molecule has 2 aromatic rings. The van der Waals surface area contributed by atoms with Crippen molar-refractivity contribution >= 4 is 35.1 Å². The lowest BCUT2D eigenvalue weighted by Crippen LogP contribution is -2.08. The van der Waals surface area contributed by atoms with E-state index in [-0.39, 0.29) is 23.3 Å². The third-order valence-corrected chi connectivity index (χ3v) is 4.49. The summed E-state index contributed by atoms with van der Waals surface area (Å²) in [5.41, 5.74) is 1.19. The molecule has 0 aliphatic heterocycles. The summed E-state index contributed by atoms with van der Waals surface area (Å²) in [5, 5.41) is 10.4. The van der Waals surface area contributed by atoms with Crippen molar-refractivity contribution in [3.63, 3.8) is 0 Å². The van der Waals surface area contributed by atoms with E-state index in [0.29, 0.717) is 47.1 Å². The molecule has 0 saturated carbocycles. The number of benzene rings is 2. The molecule has 0 aromatic heterocycles. The smallest absolute Gasteiger partial charge is 0.338 e. The maximum absolute atomic E-state index is 11.6. The van der Waals surface area contributed by atoms with E-state index in [0.717, 1.165) is 0 Å². The van der Waals surface area contributed by atoms with Gasteiger partial charge in [0.15, 0.2) is 0 Å². The van der Waals surface area contributed by atoms with Gasteiger partial charge in [0.1, 0.15) is 18.1 Å². The van der Waals surface area contributed by atoms with Gasteiger partial charge in [-0.25, -0.2) is 9.59 Å². The number of allylic oxidation sites excluding steroid dienone is 1. The van der Waals surface area contributed by atoms with Crippen LogP contribution in [0.2, 0.25) is 10.0 Å². The molecule has 32 heavy (non-hydrogen) atoms. The van der Waals surface area contributed by atoms with Crippen molar-refractivity contribution < 1.29 is 28.9 Å². The van der Waals surface area contributed by atoms with Gasteiger partial charge in [-0.1, -0.05) is 41.9 Å². The first-order chi connectivity index (χ1) is 15.3. The van der Waals surface area contributed by atoms with Gasteiger partial charge in [-0.05, 0) is 50.6 Å². The van der Waals surface area contributed by atoms with Gasteiger partial charge in [0.05, 0.1) is 34.4 Å². The standard InChI is InChI=1S/2C12H13ClO3/c1-3-7-16-11-8-9(5-6-10(11)13)12(14)15-4-2;1-3-5-8-9(12(15)16-4-2)6-7-10(13)11(8)14/h3,5-6,8H,1,4,7H2,2H3;3,6-7,14H,1,4-5H2,2H3. The molecule has 0 aliphatic rings. The molecule has 0 spiro atoms. The highest BCUT2D eigenvalue weighted by atomic mass is 35.5. The van der Waals surface area contributed by atoms with E-state index in [1.54, 1.807) is 50.3 Å². The second-order valence-corrected chi connectivity index (χ2v) is 6.92. The Kier molecular flexibility index (Phi) is 12.0. The fourth-order valence-electron chi connectivity index (χ4n) is 2.46. The maximum Gasteiger partial charge on any atom is 0.338 e. The number of phenolic OH excluding ortho intramolecular Hbond substituents is 1. The molecule has 6 nitrogen and oxygen atoms in total. The summed E-state index contributed by atoms with van der Waals surface area (Å²) in [7, 11) is 0. The zero-order valence-corrected chi connectivity index (χ0v) is 19.5. The normalized spacial score (nSPS) is 9.75. The van der Waals surface area contributed by atoms with E-state index in [2.05, 4.69) is 13.2 Å². The lowest BCUT2D eigenvalue weighted by atomic mass is 10.0. The number of hydrogen-bond donors (Lipinski definition) is 1. The zero-order chi connectivity index (χ0) is 24.1. The highest BCUT2D eigenvalue weighted by molar-refractivity contribution is 6.32. The Hall–Kier alpha value is -2.96. The topological polar surface area (TPSA) is 82.1 Å². The van der Waals surface area contributed by atoms with Crippen molar-refractivity contribution in [2.75, 3.05) is 19.8 Å². The average Bonchev–Trinajstić information content (AvgIpc) is 2.77. The van der Waals surface area contributed by atoms with Gasteiger partial charge < -0.3 is 19.3 Å². The molecule has 2 rings (SSSR count). The molecule has 0 aliphatic carbocycles. The van der Waals surface area contributed by atoms with Crippen molar-refractivity contribution in [3.05, 3.63) is 82.4 Å². The van der Waals surface area contributed by atoms with Crippen LogP contribution in [0.25, 0.3) is 0 Å². The maximum atomic E-state index is 11.6. The summed E-state index contributed by atoms with van der Waals surface area (Å²) in [6, 6.07) is 7.77. The number of esters is 2. The summed E-state index contributed by atoms with van der Waals surface area (Å²) in [6.45, 7) is 11.5. The van der Waals surface area contributed by atoms with Crippen LogP contribution in [0.5, 0.6) is 11.5 Å². The largest absolute Gasteiger partial charge is 0.506 e. The summed E-state index contributed by atoms with van der Waals surface area (Å²) in [4.78, 5) is 23.0. The fourth-order valence-corrected chi connectivity index (χ4v) is 2.81. The molecule has 0 bridgehead atoms. The number of halogens is 2. The molecule has 8 heteroatoms. The van der Waals surface area contributed by atoms with E-state index in [1.165, 1.54) is 6.07 Å². The van der Waals surface area contributed by atoms with E-state index in [1.807, 2.05) is 0 Å². The minimum absolute atomic E-state index is 0.0906. The molecule has 0 unspecified atom stereocenters. The van der Waals surface area contributed by atoms with Crippen LogP contribution in [-0.4, -0.2) is 36.9 Å². The van der Waals surface area contributed by atoms with E-state index in [9.17, 15) is 14.7 Å². The second kappa shape index (κ2) is 14.2. The minimum Gasteiger partial charge on any atom is -0.506 e. The van der Waals surface area contributed by atoms with Gasteiger partial charge in [0.25, 0.3) is 0 Å². The van der Waals surface area contributed by atoms with Crippen LogP contribution in [0.3, 0.4) is 0 Å². The molecule has 2 aromatic carbocycles. The Bertz CT molecular complexity index is 956. The predicted octanol–water partition coefficient (Wildman–Crippen LogP) is 6.03. The number of carbonyl (C=O) groups is 2. The monoisotopic (exact) mass is 480 g/mol. The molecule has 0 fully saturated rings. The highest BCUT2D eigenvalue weighted by Crippen LogP contribution is 2.31. The van der Waals surface area contributed by atoms with Crippen molar-refractivity contribution in [2.24, 2.45) is 0 Å². The minimum atomic E-state index is -0.466. The van der Waals surface area contributed by atoms with Crippen LogP contribution in [0, 0.1) is 0 Å². The van der Waals surface area contributed by atoms with Gasteiger partial charge in [-0.2, -0.15) is 0 Å². The number of aromatic hydroxyl groups is 1. The van der Waals surface area contributed by atoms with Crippen LogP contribution in [0.4, 0.5) is 0 Å². The molecule has 172 valence electrons. The molecular formula is C24H26Cl2O6. The van der Waals surface area contributed by atoms with Crippen LogP contribution < -0.4 is 4.74 Å². The van der Waals surface area contributed by atoms with E-state index >= 15 is 0 Å². The molecule has 1 N–H and O–H groups in total. The lowest BCUT2D eigenvalue weighted by Gasteiger charge is -2.10. The number of phenols is 1. The van der Waals surface area contributed by atoms with E-state index < -0.39 is 5.97 Å². The van der Waals surface area contributed by atoms with Crippen molar-refractivity contribution in [1.82, 2.24) is 0 Å². The summed E-state index contributed by atoms with van der Waals surface area (Å²) < 4.78 is 15.0. The Labute approximate surface area is 198 Å². The van der Waals surface area contributed by atoms with E-state index in [4.69, 9.17) is 37.4 Å². The number of carbonyl (C=O) groups excluding carboxylic acids is 2. The first-order valence-corrected chi connectivity index (χ1v) is 10.5. The summed E-state index contributed by atoms with van der Waals surface area (Å²) in [6.07, 6.45) is 3.56. The first-order valence-electron chi connectivity index (χ1n) is 9.79. The van der Waals surface area contributed by atoms with Gasteiger partial charge in [-0.3, -0.25) is 0 Å². The number of hydrogen-bond acceptors (Lipinski definition) is 6.